The molecule has 6 nitrogen and oxygen atoms in total. The number of benzene rings is 1. The molecule has 138 valence electrons. The van der Waals surface area contributed by atoms with Crippen LogP contribution in [0.25, 0.3) is 0 Å². The molecule has 2 atom stereocenters. The highest BCUT2D eigenvalue weighted by Crippen LogP contribution is 2.34. The molecule has 1 aliphatic carbocycles. The van der Waals surface area contributed by atoms with Crippen molar-refractivity contribution in [2.45, 2.75) is 31.9 Å². The molecule has 25 heavy (non-hydrogen) atoms. The summed E-state index contributed by atoms with van der Waals surface area (Å²) < 4.78 is 11.8. The summed E-state index contributed by atoms with van der Waals surface area (Å²) in [6, 6.07) is 8.32. The van der Waals surface area contributed by atoms with Crippen LogP contribution in [0.2, 0.25) is 0 Å². The molecule has 1 aromatic rings. The predicted molar refractivity (Wildman–Crippen MR) is 101 cm³/mol. The van der Waals surface area contributed by atoms with Gasteiger partial charge in [0.25, 0.3) is 0 Å². The third-order valence-electron chi connectivity index (χ3n) is 4.67. The van der Waals surface area contributed by atoms with E-state index in [-0.39, 0.29) is 6.10 Å². The van der Waals surface area contributed by atoms with Gasteiger partial charge in [0.1, 0.15) is 12.7 Å². The molecule has 3 rings (SSSR count). The first kappa shape index (κ1) is 17.9. The molecule has 0 amide bonds. The number of hydrogen-bond acceptors (Lipinski definition) is 4. The minimum absolute atomic E-state index is 0.0215. The zero-order valence-corrected chi connectivity index (χ0v) is 15.5. The smallest absolute Gasteiger partial charge is 0.191 e. The molecule has 1 heterocycles. The molecular weight excluding hydrogens is 316 g/mol. The largest absolute Gasteiger partial charge is 0.486 e. The van der Waals surface area contributed by atoms with E-state index in [0.29, 0.717) is 19.2 Å². The third kappa shape index (κ3) is 5.01. The Kier molecular flexibility index (Phi) is 6.02. The molecule has 1 aromatic carbocycles. The minimum atomic E-state index is -0.0215. The second-order valence-corrected chi connectivity index (χ2v) is 6.97. The van der Waals surface area contributed by atoms with E-state index in [4.69, 9.17) is 14.5 Å². The van der Waals surface area contributed by atoms with E-state index in [1.165, 1.54) is 12.8 Å². The van der Waals surface area contributed by atoms with Gasteiger partial charge in [-0.3, -0.25) is 4.99 Å². The summed E-state index contributed by atoms with van der Waals surface area (Å²) in [6.45, 7) is 4.95. The molecule has 0 bridgehead atoms. The van der Waals surface area contributed by atoms with E-state index in [0.717, 1.165) is 36.5 Å². The molecule has 2 N–H and O–H groups in total. The van der Waals surface area contributed by atoms with E-state index in [1.54, 1.807) is 0 Å². The lowest BCUT2D eigenvalue weighted by Gasteiger charge is -2.27. The molecule has 2 unspecified atom stereocenters. The van der Waals surface area contributed by atoms with Crippen LogP contribution >= 0.6 is 0 Å². The van der Waals surface area contributed by atoms with Gasteiger partial charge in [-0.25, -0.2) is 0 Å². The number of ether oxygens (including phenoxy) is 2. The van der Waals surface area contributed by atoms with Crippen molar-refractivity contribution in [2.24, 2.45) is 10.9 Å². The van der Waals surface area contributed by atoms with Crippen LogP contribution in [-0.2, 0) is 0 Å². The average molecular weight is 346 g/mol. The van der Waals surface area contributed by atoms with Crippen molar-refractivity contribution in [2.75, 3.05) is 40.3 Å². The van der Waals surface area contributed by atoms with Gasteiger partial charge in [-0.05, 0) is 51.9 Å². The molecular formula is C19H30N4O2. The van der Waals surface area contributed by atoms with Gasteiger partial charge in [0.2, 0.25) is 0 Å². The second kappa shape index (κ2) is 8.43. The van der Waals surface area contributed by atoms with Crippen LogP contribution < -0.4 is 20.1 Å². The zero-order valence-electron chi connectivity index (χ0n) is 15.5. The van der Waals surface area contributed by atoms with Gasteiger partial charge in [-0.1, -0.05) is 12.1 Å². The summed E-state index contributed by atoms with van der Waals surface area (Å²) in [5.74, 6) is 3.27. The Balaban J connectivity index is 1.52. The Morgan fingerprint density at radius 2 is 2.00 bits per heavy atom. The maximum atomic E-state index is 5.99. The van der Waals surface area contributed by atoms with Gasteiger partial charge in [0.15, 0.2) is 17.5 Å². The Labute approximate surface area is 150 Å². The van der Waals surface area contributed by atoms with Gasteiger partial charge in [-0.2, -0.15) is 0 Å². The first-order valence-corrected chi connectivity index (χ1v) is 9.24. The first-order chi connectivity index (χ1) is 12.2. The predicted octanol–water partition coefficient (Wildman–Crippen LogP) is 1.72. The molecule has 6 heteroatoms. The number of likely N-dealkylation sites (N-methyl/N-ethyl adjacent to an activating group) is 1. The molecule has 0 spiro atoms. The maximum Gasteiger partial charge on any atom is 0.191 e. The number of para-hydroxylation sites is 2. The lowest BCUT2D eigenvalue weighted by molar-refractivity contribution is 0.0936. The summed E-state index contributed by atoms with van der Waals surface area (Å²) in [6.07, 6.45) is 2.64. The minimum Gasteiger partial charge on any atom is -0.486 e. The number of aliphatic imine (C=N–C) groups is 1. The second-order valence-electron chi connectivity index (χ2n) is 6.97. The van der Waals surface area contributed by atoms with E-state index >= 15 is 0 Å². The molecule has 0 saturated heterocycles. The Hall–Kier alpha value is -1.95. The summed E-state index contributed by atoms with van der Waals surface area (Å²) >= 11 is 0. The Morgan fingerprint density at radius 3 is 2.68 bits per heavy atom. The van der Waals surface area contributed by atoms with Gasteiger partial charge in [0, 0.05) is 12.6 Å². The number of nitrogens with one attached hydrogen (secondary N) is 2. The number of nitrogens with zero attached hydrogens (tertiary/aromatic N) is 2. The van der Waals surface area contributed by atoms with E-state index < -0.39 is 0 Å². The van der Waals surface area contributed by atoms with E-state index in [1.807, 2.05) is 24.3 Å². The van der Waals surface area contributed by atoms with Crippen LogP contribution in [0.4, 0.5) is 0 Å². The maximum absolute atomic E-state index is 5.99. The van der Waals surface area contributed by atoms with Crippen molar-refractivity contribution >= 4 is 5.96 Å². The highest BCUT2D eigenvalue weighted by atomic mass is 16.6. The highest BCUT2D eigenvalue weighted by molar-refractivity contribution is 5.79. The van der Waals surface area contributed by atoms with E-state index in [2.05, 4.69) is 36.6 Å². The zero-order chi connectivity index (χ0) is 17.6. The lowest BCUT2D eigenvalue weighted by Crippen LogP contribution is -2.46. The molecule has 1 saturated carbocycles. The topological polar surface area (TPSA) is 58.1 Å². The van der Waals surface area contributed by atoms with Crippen LogP contribution in [0.1, 0.15) is 19.8 Å². The van der Waals surface area contributed by atoms with Crippen LogP contribution in [0.5, 0.6) is 11.5 Å². The number of rotatable bonds is 7. The van der Waals surface area contributed by atoms with Gasteiger partial charge in [0.05, 0.1) is 13.1 Å². The SMILES string of the molecule is CCNC(=NCC(C1CC1)N(C)C)NCC1COc2ccccc2O1. The lowest BCUT2D eigenvalue weighted by atomic mass is 10.2. The van der Waals surface area contributed by atoms with Crippen molar-refractivity contribution in [1.29, 1.82) is 0 Å². The third-order valence-corrected chi connectivity index (χ3v) is 4.67. The molecule has 1 fully saturated rings. The summed E-state index contributed by atoms with van der Waals surface area (Å²) in [7, 11) is 4.28. The quantitative estimate of drug-likeness (QED) is 0.582. The average Bonchev–Trinajstić information content (AvgIpc) is 3.44. The number of fused-ring (bicyclic) bond motifs is 1. The molecule has 0 aromatic heterocycles. The number of hydrogen-bond donors (Lipinski definition) is 2. The number of guanidine groups is 1. The van der Waals surface area contributed by atoms with E-state index in [9.17, 15) is 0 Å². The Bertz CT molecular complexity index is 585. The van der Waals surface area contributed by atoms with Gasteiger partial charge in [-0.15, -0.1) is 0 Å². The fourth-order valence-corrected chi connectivity index (χ4v) is 3.12. The van der Waals surface area contributed by atoms with Crippen LogP contribution in [0, 0.1) is 5.92 Å². The normalized spacial score (nSPS) is 21.1. The summed E-state index contributed by atoms with van der Waals surface area (Å²) in [5, 5.41) is 6.71. The highest BCUT2D eigenvalue weighted by Gasteiger charge is 2.32. The van der Waals surface area contributed by atoms with Crippen LogP contribution in [-0.4, -0.2) is 63.3 Å². The van der Waals surface area contributed by atoms with Crippen molar-refractivity contribution < 1.29 is 9.47 Å². The van der Waals surface area contributed by atoms with Crippen LogP contribution in [0.3, 0.4) is 0 Å². The van der Waals surface area contributed by atoms with Gasteiger partial charge < -0.3 is 25.0 Å². The van der Waals surface area contributed by atoms with Crippen molar-refractivity contribution in [1.82, 2.24) is 15.5 Å². The van der Waals surface area contributed by atoms with Crippen LogP contribution in [0.15, 0.2) is 29.3 Å². The van der Waals surface area contributed by atoms with Crippen molar-refractivity contribution in [3.8, 4) is 11.5 Å². The molecule has 1 aliphatic heterocycles. The van der Waals surface area contributed by atoms with Crippen molar-refractivity contribution in [3.63, 3.8) is 0 Å². The first-order valence-electron chi connectivity index (χ1n) is 9.24. The standard InChI is InChI=1S/C19H30N4O2/c1-4-20-19(22-12-16(23(2)3)14-9-10-14)21-11-15-13-24-17-7-5-6-8-18(17)25-15/h5-8,14-16H,4,9-13H2,1-3H3,(H2,20,21,22). The molecule has 0 radical (unpaired) electrons. The summed E-state index contributed by atoms with van der Waals surface area (Å²) in [4.78, 5) is 7.07. The summed E-state index contributed by atoms with van der Waals surface area (Å²) in [5.41, 5.74) is 0. The van der Waals surface area contributed by atoms with Gasteiger partial charge >= 0.3 is 0 Å². The van der Waals surface area contributed by atoms with Crippen molar-refractivity contribution in [3.05, 3.63) is 24.3 Å². The molecule has 2 aliphatic rings. The fourth-order valence-electron chi connectivity index (χ4n) is 3.12. The monoisotopic (exact) mass is 346 g/mol. The Morgan fingerprint density at radius 1 is 1.24 bits per heavy atom. The fraction of sp³-hybridized carbons (Fsp3) is 0.632.